The van der Waals surface area contributed by atoms with Crippen LogP contribution in [0.2, 0.25) is 0 Å². The second-order valence-electron chi connectivity index (χ2n) is 6.11. The smallest absolute Gasteiger partial charge is 0.273 e. The minimum atomic E-state index is -3.10. The minimum absolute atomic E-state index is 0.0225. The molecule has 1 saturated heterocycles. The highest BCUT2D eigenvalue weighted by Gasteiger charge is 2.29. The van der Waals surface area contributed by atoms with Gasteiger partial charge in [0.25, 0.3) is 5.91 Å². The van der Waals surface area contributed by atoms with Crippen LogP contribution in [-0.4, -0.2) is 48.3 Å². The topological polar surface area (TPSA) is 67.3 Å². The van der Waals surface area contributed by atoms with Crippen molar-refractivity contribution in [2.75, 3.05) is 18.8 Å². The molecule has 1 aliphatic heterocycles. The zero-order chi connectivity index (χ0) is 17.3. The summed E-state index contributed by atoms with van der Waals surface area (Å²) >= 11 is 1.44. The number of amides is 1. The summed E-state index contributed by atoms with van der Waals surface area (Å²) in [6.07, 6.45) is 0.475. The van der Waals surface area contributed by atoms with Gasteiger partial charge in [0.2, 0.25) is 0 Å². The van der Waals surface area contributed by atoms with E-state index in [-0.39, 0.29) is 18.2 Å². The molecule has 1 atom stereocenters. The molecular weight excluding hydrogens is 344 g/mol. The van der Waals surface area contributed by atoms with E-state index in [1.807, 2.05) is 31.2 Å². The van der Waals surface area contributed by atoms with E-state index in [9.17, 15) is 13.2 Å². The molecule has 7 heteroatoms. The van der Waals surface area contributed by atoms with Crippen molar-refractivity contribution in [3.05, 3.63) is 40.9 Å². The van der Waals surface area contributed by atoms with Crippen LogP contribution in [0.5, 0.6) is 0 Å². The Bertz CT molecular complexity index is 858. The molecule has 1 aromatic heterocycles. The molecule has 2 heterocycles. The van der Waals surface area contributed by atoms with E-state index in [1.54, 1.807) is 17.2 Å². The molecule has 1 amide bonds. The highest BCUT2D eigenvalue weighted by atomic mass is 32.2. The highest BCUT2D eigenvalue weighted by molar-refractivity contribution is 7.92. The first kappa shape index (κ1) is 17.1. The molecule has 0 N–H and O–H groups in total. The van der Waals surface area contributed by atoms with E-state index >= 15 is 0 Å². The number of aromatic nitrogens is 1. The standard InChI is InChI=1S/C17H20N2O3S2/c1-12-5-3-4-6-14(12)16-18-15(11-23-16)17(20)19-8-7-13(2)24(21,22)10-9-19/h3-6,11,13H,7-10H2,1-2H3. The van der Waals surface area contributed by atoms with Crippen LogP contribution in [0.3, 0.4) is 0 Å². The van der Waals surface area contributed by atoms with Crippen LogP contribution < -0.4 is 0 Å². The van der Waals surface area contributed by atoms with Gasteiger partial charge in [-0.15, -0.1) is 11.3 Å². The number of aryl methyl sites for hydroxylation is 1. The first-order chi connectivity index (χ1) is 11.4. The van der Waals surface area contributed by atoms with Crippen molar-refractivity contribution in [2.24, 2.45) is 0 Å². The lowest BCUT2D eigenvalue weighted by Gasteiger charge is -2.18. The lowest BCUT2D eigenvalue weighted by Crippen LogP contribution is -2.33. The largest absolute Gasteiger partial charge is 0.336 e. The third-order valence-corrected chi connectivity index (χ3v) is 7.54. The highest BCUT2D eigenvalue weighted by Crippen LogP contribution is 2.27. The monoisotopic (exact) mass is 364 g/mol. The van der Waals surface area contributed by atoms with Crippen LogP contribution >= 0.6 is 11.3 Å². The molecule has 0 aliphatic carbocycles. The van der Waals surface area contributed by atoms with Crippen LogP contribution in [0, 0.1) is 6.92 Å². The van der Waals surface area contributed by atoms with E-state index in [1.165, 1.54) is 11.3 Å². The van der Waals surface area contributed by atoms with Crippen molar-refractivity contribution in [3.63, 3.8) is 0 Å². The molecule has 1 aliphatic rings. The number of carbonyl (C=O) groups is 1. The summed E-state index contributed by atoms with van der Waals surface area (Å²) in [5, 5.41) is 2.17. The summed E-state index contributed by atoms with van der Waals surface area (Å²) < 4.78 is 24.0. The maximum absolute atomic E-state index is 12.7. The number of rotatable bonds is 2. The Balaban J connectivity index is 1.80. The third kappa shape index (κ3) is 3.37. The summed E-state index contributed by atoms with van der Waals surface area (Å²) in [4.78, 5) is 18.8. The SMILES string of the molecule is Cc1ccccc1-c1nc(C(=O)N2CCC(C)S(=O)(=O)CC2)cs1. The van der Waals surface area contributed by atoms with Crippen molar-refractivity contribution in [2.45, 2.75) is 25.5 Å². The van der Waals surface area contributed by atoms with Gasteiger partial charge in [-0.3, -0.25) is 4.79 Å². The van der Waals surface area contributed by atoms with E-state index in [0.717, 1.165) is 16.1 Å². The fourth-order valence-electron chi connectivity index (χ4n) is 2.74. The molecule has 0 radical (unpaired) electrons. The molecule has 24 heavy (non-hydrogen) atoms. The zero-order valence-corrected chi connectivity index (χ0v) is 15.4. The van der Waals surface area contributed by atoms with Gasteiger partial charge >= 0.3 is 0 Å². The molecule has 1 aromatic carbocycles. The van der Waals surface area contributed by atoms with Crippen LogP contribution in [0.15, 0.2) is 29.6 Å². The van der Waals surface area contributed by atoms with Crippen molar-refractivity contribution in [1.29, 1.82) is 0 Å². The van der Waals surface area contributed by atoms with Gasteiger partial charge in [0.1, 0.15) is 10.7 Å². The molecule has 5 nitrogen and oxygen atoms in total. The van der Waals surface area contributed by atoms with E-state index in [4.69, 9.17) is 0 Å². The van der Waals surface area contributed by atoms with Crippen molar-refractivity contribution < 1.29 is 13.2 Å². The van der Waals surface area contributed by atoms with Gasteiger partial charge in [-0.05, 0) is 25.8 Å². The fraction of sp³-hybridized carbons (Fsp3) is 0.412. The Kier molecular flexibility index (Phi) is 4.73. The quantitative estimate of drug-likeness (QED) is 0.822. The van der Waals surface area contributed by atoms with Gasteiger partial charge in [0.05, 0.1) is 11.0 Å². The number of benzene rings is 1. The van der Waals surface area contributed by atoms with Crippen molar-refractivity contribution in [3.8, 4) is 10.6 Å². The van der Waals surface area contributed by atoms with Crippen LogP contribution in [0.4, 0.5) is 0 Å². The maximum Gasteiger partial charge on any atom is 0.273 e. The predicted molar refractivity (Wildman–Crippen MR) is 96.1 cm³/mol. The predicted octanol–water partition coefficient (Wildman–Crippen LogP) is 2.77. The first-order valence-electron chi connectivity index (χ1n) is 7.91. The number of nitrogens with zero attached hydrogens (tertiary/aromatic N) is 2. The number of carbonyl (C=O) groups excluding carboxylic acids is 1. The van der Waals surface area contributed by atoms with Crippen LogP contribution in [0.1, 0.15) is 29.4 Å². The molecule has 2 aromatic rings. The van der Waals surface area contributed by atoms with E-state index < -0.39 is 15.1 Å². The Morgan fingerprint density at radius 2 is 2.04 bits per heavy atom. The molecule has 1 unspecified atom stereocenters. The summed E-state index contributed by atoms with van der Waals surface area (Å²) in [6.45, 7) is 4.42. The number of sulfone groups is 1. The Hall–Kier alpha value is -1.73. The Labute approximate surface area is 146 Å². The average Bonchev–Trinajstić information content (AvgIpc) is 2.99. The van der Waals surface area contributed by atoms with Gasteiger partial charge in [-0.25, -0.2) is 13.4 Å². The second-order valence-corrected chi connectivity index (χ2v) is 9.51. The van der Waals surface area contributed by atoms with Gasteiger partial charge in [0, 0.05) is 24.0 Å². The van der Waals surface area contributed by atoms with Gasteiger partial charge in [-0.2, -0.15) is 0 Å². The van der Waals surface area contributed by atoms with E-state index in [0.29, 0.717) is 18.7 Å². The summed E-state index contributed by atoms with van der Waals surface area (Å²) in [5.74, 6) is -0.162. The van der Waals surface area contributed by atoms with Gasteiger partial charge < -0.3 is 4.90 Å². The molecular formula is C17H20N2O3S2. The number of hydrogen-bond donors (Lipinski definition) is 0. The lowest BCUT2D eigenvalue weighted by atomic mass is 10.1. The number of thiazole rings is 1. The molecule has 0 spiro atoms. The maximum atomic E-state index is 12.7. The Morgan fingerprint density at radius 3 is 2.79 bits per heavy atom. The summed E-state index contributed by atoms with van der Waals surface area (Å²) in [6, 6.07) is 7.92. The zero-order valence-electron chi connectivity index (χ0n) is 13.7. The summed E-state index contributed by atoms with van der Waals surface area (Å²) in [7, 11) is -3.10. The molecule has 3 rings (SSSR count). The summed E-state index contributed by atoms with van der Waals surface area (Å²) in [5.41, 5.74) is 2.53. The van der Waals surface area contributed by atoms with Crippen molar-refractivity contribution >= 4 is 27.1 Å². The molecule has 0 bridgehead atoms. The second kappa shape index (κ2) is 6.64. The minimum Gasteiger partial charge on any atom is -0.336 e. The number of hydrogen-bond acceptors (Lipinski definition) is 5. The molecule has 128 valence electrons. The van der Waals surface area contributed by atoms with Crippen LogP contribution in [-0.2, 0) is 9.84 Å². The molecule has 0 saturated carbocycles. The molecule has 1 fully saturated rings. The lowest BCUT2D eigenvalue weighted by molar-refractivity contribution is 0.0762. The first-order valence-corrected chi connectivity index (χ1v) is 10.5. The average molecular weight is 364 g/mol. The van der Waals surface area contributed by atoms with Gasteiger partial charge in [0.15, 0.2) is 9.84 Å². The fourth-order valence-corrected chi connectivity index (χ4v) is 4.97. The third-order valence-electron chi connectivity index (χ3n) is 4.45. The van der Waals surface area contributed by atoms with Crippen LogP contribution in [0.25, 0.3) is 10.6 Å². The van der Waals surface area contributed by atoms with Crippen molar-refractivity contribution in [1.82, 2.24) is 9.88 Å². The Morgan fingerprint density at radius 1 is 1.29 bits per heavy atom. The normalized spacial score (nSPS) is 20.6. The van der Waals surface area contributed by atoms with Gasteiger partial charge in [-0.1, -0.05) is 24.3 Å². The van der Waals surface area contributed by atoms with E-state index in [2.05, 4.69) is 4.98 Å².